The van der Waals surface area contributed by atoms with Crippen LogP contribution < -0.4 is 29.0 Å². The molecule has 0 bridgehead atoms. The first-order valence-electron chi connectivity index (χ1n) is 8.24. The molecule has 0 aromatic heterocycles. The van der Waals surface area contributed by atoms with Crippen molar-refractivity contribution in [3.05, 3.63) is 41.3 Å². The summed E-state index contributed by atoms with van der Waals surface area (Å²) in [7, 11) is 3.96. The fourth-order valence-electron chi connectivity index (χ4n) is 2.52. The van der Waals surface area contributed by atoms with Crippen molar-refractivity contribution in [1.82, 2.24) is 0 Å². The van der Waals surface area contributed by atoms with Gasteiger partial charge in [-0.05, 0) is 24.3 Å². The van der Waals surface area contributed by atoms with Crippen molar-refractivity contribution in [3.63, 3.8) is 0 Å². The van der Waals surface area contributed by atoms with E-state index in [1.54, 1.807) is 44.5 Å². The van der Waals surface area contributed by atoms with Gasteiger partial charge in [0.1, 0.15) is 23.0 Å². The molecule has 0 saturated heterocycles. The largest absolute Gasteiger partial charge is 0.496 e. The molecule has 0 fully saturated rings. The molecule has 0 atom stereocenters. The molecule has 0 aliphatic rings. The van der Waals surface area contributed by atoms with Crippen LogP contribution in [-0.4, -0.2) is 43.9 Å². The molecule has 0 amide bonds. The van der Waals surface area contributed by atoms with Gasteiger partial charge in [-0.15, -0.1) is 0 Å². The molecule has 0 heterocycles. The van der Waals surface area contributed by atoms with E-state index in [0.717, 1.165) is 5.41 Å². The molecule has 2 rings (SSSR count). The van der Waals surface area contributed by atoms with Gasteiger partial charge in [-0.2, -0.15) is 0 Å². The number of sulfonamides is 1. The van der Waals surface area contributed by atoms with E-state index >= 15 is 0 Å². The topological polar surface area (TPSA) is 95.1 Å². The zero-order chi connectivity index (χ0) is 20.7. The van der Waals surface area contributed by atoms with Gasteiger partial charge in [-0.1, -0.05) is 0 Å². The number of nitrogens with one attached hydrogen (secondary N) is 2. The Hall–Kier alpha value is -3.07. The normalized spacial score (nSPS) is 11.2. The molecule has 2 aromatic rings. The Morgan fingerprint density at radius 1 is 0.857 bits per heavy atom. The Kier molecular flexibility index (Phi) is 7.00. The summed E-state index contributed by atoms with van der Waals surface area (Å²) < 4.78 is 48.5. The molecule has 152 valence electrons. The van der Waals surface area contributed by atoms with E-state index < -0.39 is 10.0 Å². The van der Waals surface area contributed by atoms with E-state index in [0.29, 0.717) is 39.9 Å². The number of benzene rings is 2. The molecule has 2 N–H and O–H groups in total. The molecule has 9 heteroatoms. The van der Waals surface area contributed by atoms with Crippen LogP contribution in [0, 0.1) is 0 Å². The molecule has 0 aliphatic heterocycles. The van der Waals surface area contributed by atoms with E-state index in [-0.39, 0.29) is 0 Å². The van der Waals surface area contributed by atoms with E-state index in [1.165, 1.54) is 27.4 Å². The molecule has 0 saturated carbocycles. The number of methoxy groups -OCH3 is 4. The van der Waals surface area contributed by atoms with Crippen LogP contribution >= 0.6 is 0 Å². The van der Waals surface area contributed by atoms with Crippen LogP contribution in [0.25, 0.3) is 6.08 Å². The van der Waals surface area contributed by atoms with Crippen LogP contribution in [0.4, 0.5) is 11.4 Å². The maximum atomic E-state index is 12.5. The Labute approximate surface area is 165 Å². The van der Waals surface area contributed by atoms with Gasteiger partial charge >= 0.3 is 0 Å². The smallest absolute Gasteiger partial charge is 0.255 e. The van der Waals surface area contributed by atoms with Gasteiger partial charge in [0.05, 0.1) is 50.8 Å². The number of hydrogen-bond donors (Lipinski definition) is 2. The Morgan fingerprint density at radius 3 is 1.96 bits per heavy atom. The summed E-state index contributed by atoms with van der Waals surface area (Å²) in [5.74, 6) is 1.98. The predicted octanol–water partition coefficient (Wildman–Crippen LogP) is 3.18. The Balaban J connectivity index is 2.33. The predicted molar refractivity (Wildman–Crippen MR) is 110 cm³/mol. The minimum Gasteiger partial charge on any atom is -0.496 e. The van der Waals surface area contributed by atoms with Gasteiger partial charge in [-0.3, -0.25) is 4.72 Å². The maximum absolute atomic E-state index is 12.5. The molecule has 0 spiro atoms. The fraction of sp³-hybridized carbons (Fsp3) is 0.263. The summed E-state index contributed by atoms with van der Waals surface area (Å²) in [5, 5.41) is 3.99. The first-order chi connectivity index (χ1) is 13.4. The lowest BCUT2D eigenvalue weighted by Crippen LogP contribution is -2.09. The van der Waals surface area contributed by atoms with Gasteiger partial charge in [-0.25, -0.2) is 8.42 Å². The maximum Gasteiger partial charge on any atom is 0.255 e. The minimum absolute atomic E-state index is 0.392. The van der Waals surface area contributed by atoms with Gasteiger partial charge in [0.25, 0.3) is 10.0 Å². The summed E-state index contributed by atoms with van der Waals surface area (Å²) >= 11 is 0. The lowest BCUT2D eigenvalue weighted by Gasteiger charge is -2.13. The number of anilines is 2. The van der Waals surface area contributed by atoms with Crippen LogP contribution in [0.3, 0.4) is 0 Å². The van der Waals surface area contributed by atoms with Gasteiger partial charge in [0.2, 0.25) is 0 Å². The Bertz CT molecular complexity index is 932. The number of hydrogen-bond acceptors (Lipinski definition) is 7. The van der Waals surface area contributed by atoms with Crippen molar-refractivity contribution in [2.24, 2.45) is 0 Å². The van der Waals surface area contributed by atoms with Crippen LogP contribution in [0.1, 0.15) is 5.56 Å². The summed E-state index contributed by atoms with van der Waals surface area (Å²) in [6.07, 6.45) is 1.40. The monoisotopic (exact) mass is 408 g/mol. The number of rotatable bonds is 9. The first-order valence-corrected chi connectivity index (χ1v) is 9.78. The van der Waals surface area contributed by atoms with E-state index in [4.69, 9.17) is 18.9 Å². The highest BCUT2D eigenvalue weighted by molar-refractivity contribution is 7.95. The van der Waals surface area contributed by atoms with Crippen molar-refractivity contribution >= 4 is 27.5 Å². The van der Waals surface area contributed by atoms with Gasteiger partial charge in [0.15, 0.2) is 0 Å². The van der Waals surface area contributed by atoms with Gasteiger partial charge in [0, 0.05) is 19.2 Å². The lowest BCUT2D eigenvalue weighted by atomic mass is 10.1. The second kappa shape index (κ2) is 9.23. The Morgan fingerprint density at radius 2 is 1.46 bits per heavy atom. The second-order valence-electron chi connectivity index (χ2n) is 5.56. The van der Waals surface area contributed by atoms with E-state index in [9.17, 15) is 8.42 Å². The van der Waals surface area contributed by atoms with Crippen molar-refractivity contribution < 1.29 is 27.4 Å². The van der Waals surface area contributed by atoms with Crippen LogP contribution in [-0.2, 0) is 10.0 Å². The highest BCUT2D eigenvalue weighted by Crippen LogP contribution is 2.35. The first kappa shape index (κ1) is 21.2. The highest BCUT2D eigenvalue weighted by Gasteiger charge is 2.13. The second-order valence-corrected chi connectivity index (χ2v) is 7.13. The summed E-state index contributed by atoms with van der Waals surface area (Å²) in [5.41, 5.74) is 1.52. The number of ether oxygens (including phenoxy) is 4. The quantitative estimate of drug-likeness (QED) is 0.658. The molecular formula is C19H24N2O6S. The van der Waals surface area contributed by atoms with Crippen LogP contribution in [0.15, 0.2) is 35.7 Å². The van der Waals surface area contributed by atoms with Gasteiger partial charge < -0.3 is 24.3 Å². The fourth-order valence-corrected chi connectivity index (χ4v) is 3.36. The summed E-state index contributed by atoms with van der Waals surface area (Å²) in [4.78, 5) is 0. The molecule has 0 unspecified atom stereocenters. The third kappa shape index (κ3) is 5.01. The molecule has 2 aromatic carbocycles. The third-order valence-corrected chi connectivity index (χ3v) is 4.91. The molecule has 28 heavy (non-hydrogen) atoms. The van der Waals surface area contributed by atoms with Crippen LogP contribution in [0.5, 0.6) is 23.0 Å². The lowest BCUT2D eigenvalue weighted by molar-refractivity contribution is 0.374. The third-order valence-electron chi connectivity index (χ3n) is 3.90. The molecule has 0 aliphatic carbocycles. The summed E-state index contributed by atoms with van der Waals surface area (Å²) in [6.45, 7) is 0. The molecule has 8 nitrogen and oxygen atoms in total. The van der Waals surface area contributed by atoms with Crippen molar-refractivity contribution in [1.29, 1.82) is 0 Å². The van der Waals surface area contributed by atoms with Crippen LogP contribution in [0.2, 0.25) is 0 Å². The van der Waals surface area contributed by atoms with Crippen molar-refractivity contribution in [3.8, 4) is 23.0 Å². The summed E-state index contributed by atoms with van der Waals surface area (Å²) in [6, 6.07) is 8.21. The minimum atomic E-state index is -3.78. The average molecular weight is 408 g/mol. The highest BCUT2D eigenvalue weighted by atomic mass is 32.2. The average Bonchev–Trinajstić information content (AvgIpc) is 2.71. The zero-order valence-electron chi connectivity index (χ0n) is 16.4. The van der Waals surface area contributed by atoms with E-state index in [2.05, 4.69) is 10.0 Å². The molecular weight excluding hydrogens is 384 g/mol. The SMILES string of the molecule is CNc1cc(NS(=O)(=O)C=Cc2c(OC)cc(OC)cc2OC)ccc1OC. The molecule has 0 radical (unpaired) electrons. The van der Waals surface area contributed by atoms with Crippen molar-refractivity contribution in [2.45, 2.75) is 0 Å². The van der Waals surface area contributed by atoms with Crippen molar-refractivity contribution in [2.75, 3.05) is 45.5 Å². The standard InChI is InChI=1S/C19H24N2O6S/c1-20-16-10-13(6-7-17(16)25-3)21-28(22,23)9-8-15-18(26-4)11-14(24-2)12-19(15)27-5/h6-12,20-21H,1-5H3. The van der Waals surface area contributed by atoms with E-state index in [1.807, 2.05) is 0 Å². The zero-order valence-corrected chi connectivity index (χ0v) is 17.2.